The molecule has 82 valence electrons. The molecule has 0 amide bonds. The fraction of sp³-hybridized carbons (Fsp3) is 0.273. The molecule has 0 saturated carbocycles. The Bertz CT molecular complexity index is 490. The van der Waals surface area contributed by atoms with Gasteiger partial charge in [0.25, 0.3) is 0 Å². The average molecular weight is 216 g/mol. The molecule has 3 rings (SSSR count). The summed E-state index contributed by atoms with van der Waals surface area (Å²) in [6.45, 7) is 1.10. The predicted molar refractivity (Wildman–Crippen MR) is 58.1 cm³/mol. The smallest absolute Gasteiger partial charge is 0.133 e. The van der Waals surface area contributed by atoms with Crippen molar-refractivity contribution >= 4 is 0 Å². The molecule has 0 atom stereocenters. The molecular weight excluding hydrogens is 204 g/mol. The third-order valence-electron chi connectivity index (χ3n) is 2.86. The van der Waals surface area contributed by atoms with E-state index in [1.165, 1.54) is 0 Å². The van der Waals surface area contributed by atoms with Gasteiger partial charge >= 0.3 is 0 Å². The van der Waals surface area contributed by atoms with Gasteiger partial charge in [0.1, 0.15) is 5.60 Å². The average Bonchev–Trinajstić information content (AvgIpc) is 2.76. The van der Waals surface area contributed by atoms with Crippen LogP contribution < -0.4 is 5.32 Å². The molecule has 1 fully saturated rings. The van der Waals surface area contributed by atoms with Gasteiger partial charge in [0.15, 0.2) is 0 Å². The third kappa shape index (κ3) is 1.33. The largest absolute Gasteiger partial charge is 0.381 e. The van der Waals surface area contributed by atoms with Gasteiger partial charge in [0, 0.05) is 13.1 Å². The molecule has 0 spiro atoms. The first-order valence-corrected chi connectivity index (χ1v) is 5.19. The van der Waals surface area contributed by atoms with E-state index in [0.717, 1.165) is 11.4 Å². The van der Waals surface area contributed by atoms with Gasteiger partial charge in [-0.2, -0.15) is 0 Å². The van der Waals surface area contributed by atoms with Crippen molar-refractivity contribution in [3.8, 4) is 5.69 Å². The van der Waals surface area contributed by atoms with Crippen LogP contribution in [-0.2, 0) is 5.60 Å². The van der Waals surface area contributed by atoms with Crippen LogP contribution in [0.2, 0.25) is 0 Å². The second kappa shape index (κ2) is 3.40. The van der Waals surface area contributed by atoms with Gasteiger partial charge in [-0.15, -0.1) is 5.10 Å². The highest BCUT2D eigenvalue weighted by atomic mass is 16.3. The molecule has 16 heavy (non-hydrogen) atoms. The second-order valence-corrected chi connectivity index (χ2v) is 4.00. The topological polar surface area (TPSA) is 63.0 Å². The van der Waals surface area contributed by atoms with Crippen LogP contribution >= 0.6 is 0 Å². The highest BCUT2D eigenvalue weighted by Crippen LogP contribution is 2.25. The molecule has 0 unspecified atom stereocenters. The molecule has 0 aliphatic carbocycles. The monoisotopic (exact) mass is 216 g/mol. The van der Waals surface area contributed by atoms with Crippen LogP contribution in [0, 0.1) is 0 Å². The molecule has 0 radical (unpaired) electrons. The molecule has 2 heterocycles. The summed E-state index contributed by atoms with van der Waals surface area (Å²) in [6, 6.07) is 9.69. The first kappa shape index (κ1) is 9.50. The van der Waals surface area contributed by atoms with E-state index in [0.29, 0.717) is 13.1 Å². The lowest BCUT2D eigenvalue weighted by atomic mass is 9.93. The van der Waals surface area contributed by atoms with E-state index in [4.69, 9.17) is 0 Å². The molecule has 1 aliphatic rings. The zero-order chi connectivity index (χ0) is 11.0. The van der Waals surface area contributed by atoms with E-state index in [2.05, 4.69) is 15.6 Å². The summed E-state index contributed by atoms with van der Waals surface area (Å²) in [5, 5.41) is 21.2. The molecule has 0 bridgehead atoms. The van der Waals surface area contributed by atoms with Gasteiger partial charge in [-0.1, -0.05) is 23.4 Å². The maximum absolute atomic E-state index is 10.2. The second-order valence-electron chi connectivity index (χ2n) is 4.00. The van der Waals surface area contributed by atoms with Gasteiger partial charge in [-0.25, -0.2) is 4.68 Å². The molecule has 5 nitrogen and oxygen atoms in total. The number of nitrogens with zero attached hydrogens (tertiary/aromatic N) is 3. The fourth-order valence-electron chi connectivity index (χ4n) is 1.86. The first-order valence-electron chi connectivity index (χ1n) is 5.19. The molecule has 1 saturated heterocycles. The number of aromatic nitrogens is 3. The molecule has 1 aromatic heterocycles. The summed E-state index contributed by atoms with van der Waals surface area (Å²) in [4.78, 5) is 0. The Hall–Kier alpha value is -1.72. The Morgan fingerprint density at radius 3 is 2.62 bits per heavy atom. The van der Waals surface area contributed by atoms with Crippen LogP contribution in [0.4, 0.5) is 0 Å². The number of nitrogens with one attached hydrogen (secondary N) is 1. The Balaban J connectivity index is 2.06. The van der Waals surface area contributed by atoms with E-state index in [1.807, 2.05) is 30.3 Å². The van der Waals surface area contributed by atoms with Gasteiger partial charge in [-0.3, -0.25) is 0 Å². The Morgan fingerprint density at radius 2 is 2.00 bits per heavy atom. The van der Waals surface area contributed by atoms with Crippen LogP contribution in [0.15, 0.2) is 36.5 Å². The van der Waals surface area contributed by atoms with Gasteiger partial charge in [-0.05, 0) is 12.1 Å². The number of hydrogen-bond acceptors (Lipinski definition) is 4. The fourth-order valence-corrected chi connectivity index (χ4v) is 1.86. The Kier molecular flexibility index (Phi) is 2.02. The van der Waals surface area contributed by atoms with E-state index >= 15 is 0 Å². The maximum Gasteiger partial charge on any atom is 0.133 e. The molecule has 2 aromatic rings. The van der Waals surface area contributed by atoms with Crippen LogP contribution in [0.5, 0.6) is 0 Å². The molecular formula is C11H12N4O. The van der Waals surface area contributed by atoms with Crippen LogP contribution in [0.1, 0.15) is 5.69 Å². The van der Waals surface area contributed by atoms with Crippen LogP contribution in [-0.4, -0.2) is 33.2 Å². The van der Waals surface area contributed by atoms with Crippen molar-refractivity contribution in [2.24, 2.45) is 0 Å². The SMILES string of the molecule is OC1(c2cnnn2-c2ccccc2)CNC1. The van der Waals surface area contributed by atoms with E-state index < -0.39 is 5.60 Å². The highest BCUT2D eigenvalue weighted by molar-refractivity contribution is 5.33. The number of rotatable bonds is 2. The number of β-amino-alcohol motifs (C(OH)–C–C–N with tert-alkyl or cyclic N) is 1. The maximum atomic E-state index is 10.2. The van der Waals surface area contributed by atoms with Gasteiger partial charge < -0.3 is 10.4 Å². The van der Waals surface area contributed by atoms with Crippen molar-refractivity contribution in [1.82, 2.24) is 20.3 Å². The van der Waals surface area contributed by atoms with Crippen molar-refractivity contribution in [2.45, 2.75) is 5.60 Å². The predicted octanol–water partition coefficient (Wildman–Crippen LogP) is 0.0581. The summed E-state index contributed by atoms with van der Waals surface area (Å²) in [6.07, 6.45) is 1.62. The number of para-hydroxylation sites is 1. The van der Waals surface area contributed by atoms with E-state index in [-0.39, 0.29) is 0 Å². The summed E-state index contributed by atoms with van der Waals surface area (Å²) in [5.74, 6) is 0. The van der Waals surface area contributed by atoms with Crippen molar-refractivity contribution in [2.75, 3.05) is 13.1 Å². The van der Waals surface area contributed by atoms with Crippen LogP contribution in [0.25, 0.3) is 5.69 Å². The number of hydrogen-bond donors (Lipinski definition) is 2. The van der Waals surface area contributed by atoms with Crippen molar-refractivity contribution in [3.63, 3.8) is 0 Å². The quantitative estimate of drug-likeness (QED) is 0.745. The standard InChI is InChI=1S/C11H12N4O/c16-11(7-12-8-11)10-6-13-14-15(10)9-4-2-1-3-5-9/h1-6,12,16H,7-8H2. The zero-order valence-corrected chi connectivity index (χ0v) is 8.67. The van der Waals surface area contributed by atoms with E-state index in [9.17, 15) is 5.11 Å². The van der Waals surface area contributed by atoms with Gasteiger partial charge in [0.2, 0.25) is 0 Å². The molecule has 1 aliphatic heterocycles. The van der Waals surface area contributed by atoms with Crippen molar-refractivity contribution < 1.29 is 5.11 Å². The normalized spacial score (nSPS) is 18.1. The molecule has 5 heteroatoms. The minimum atomic E-state index is -0.834. The van der Waals surface area contributed by atoms with Crippen LogP contribution in [0.3, 0.4) is 0 Å². The molecule has 1 aromatic carbocycles. The summed E-state index contributed by atoms with van der Waals surface area (Å²) in [5.41, 5.74) is 0.812. The number of aliphatic hydroxyl groups is 1. The Labute approximate surface area is 92.7 Å². The van der Waals surface area contributed by atoms with Crippen molar-refractivity contribution in [1.29, 1.82) is 0 Å². The first-order chi connectivity index (χ1) is 7.80. The Morgan fingerprint density at radius 1 is 1.25 bits per heavy atom. The van der Waals surface area contributed by atoms with Gasteiger partial charge in [0.05, 0.1) is 17.6 Å². The summed E-state index contributed by atoms with van der Waals surface area (Å²) >= 11 is 0. The third-order valence-corrected chi connectivity index (χ3v) is 2.86. The summed E-state index contributed by atoms with van der Waals surface area (Å²) in [7, 11) is 0. The number of benzene rings is 1. The minimum Gasteiger partial charge on any atom is -0.381 e. The minimum absolute atomic E-state index is 0.549. The lowest BCUT2D eigenvalue weighted by Gasteiger charge is -2.37. The lowest BCUT2D eigenvalue weighted by Crippen LogP contribution is -2.57. The van der Waals surface area contributed by atoms with E-state index in [1.54, 1.807) is 10.9 Å². The lowest BCUT2D eigenvalue weighted by molar-refractivity contribution is -0.0206. The zero-order valence-electron chi connectivity index (χ0n) is 8.67. The highest BCUT2D eigenvalue weighted by Gasteiger charge is 2.39. The summed E-state index contributed by atoms with van der Waals surface area (Å²) < 4.78 is 1.68. The molecule has 2 N–H and O–H groups in total. The van der Waals surface area contributed by atoms with Crippen molar-refractivity contribution in [3.05, 3.63) is 42.2 Å².